The molecule has 0 amide bonds. The Morgan fingerprint density at radius 2 is 1.92 bits per heavy atom. The molecule has 1 aromatic carbocycles. The van der Waals surface area contributed by atoms with Gasteiger partial charge in [-0.25, -0.2) is 14.4 Å². The summed E-state index contributed by atoms with van der Waals surface area (Å²) in [5, 5.41) is 7.74. The number of nitrogens with one attached hydrogen (secondary N) is 1. The van der Waals surface area contributed by atoms with Gasteiger partial charge < -0.3 is 24.4 Å². The van der Waals surface area contributed by atoms with Crippen LogP contribution in [0.15, 0.2) is 35.2 Å². The Morgan fingerprint density at radius 1 is 1.14 bits per heavy atom. The van der Waals surface area contributed by atoms with E-state index in [1.165, 1.54) is 31.5 Å². The average molecular weight is 507 g/mol. The van der Waals surface area contributed by atoms with Gasteiger partial charge in [0, 0.05) is 68.2 Å². The van der Waals surface area contributed by atoms with Crippen LogP contribution in [-0.4, -0.2) is 66.0 Å². The lowest BCUT2D eigenvalue weighted by Gasteiger charge is -2.61. The van der Waals surface area contributed by atoms with E-state index in [-0.39, 0.29) is 11.7 Å². The standard InChI is InChI=1S/C28H35FN6O2/c1-18(2)26-25(19(3)37-33-26)22-10-21(29)4-5-23(22)32-24-11-30-17-31-27(24)35-15-28(16-35)13-34(14-28)12-20-6-8-36-9-7-20/h4-5,10-11,17-18,20,32H,6-9,12-16H2,1-3H3. The highest BCUT2D eigenvalue weighted by Crippen LogP contribution is 2.45. The van der Waals surface area contributed by atoms with Gasteiger partial charge in [0.05, 0.1) is 11.9 Å². The number of ether oxygens (including phenoxy) is 1. The Morgan fingerprint density at radius 3 is 2.68 bits per heavy atom. The van der Waals surface area contributed by atoms with Crippen molar-refractivity contribution in [1.82, 2.24) is 20.0 Å². The Bertz CT molecular complexity index is 1260. The Labute approximate surface area is 217 Å². The predicted molar refractivity (Wildman–Crippen MR) is 141 cm³/mol. The monoisotopic (exact) mass is 506 g/mol. The first-order valence-electron chi connectivity index (χ1n) is 13.3. The fraction of sp³-hybridized carbons (Fsp3) is 0.536. The van der Waals surface area contributed by atoms with Crippen molar-refractivity contribution in [2.75, 3.05) is 56.2 Å². The van der Waals surface area contributed by atoms with Crippen molar-refractivity contribution in [3.63, 3.8) is 0 Å². The zero-order valence-electron chi connectivity index (χ0n) is 21.8. The zero-order chi connectivity index (χ0) is 25.6. The first kappa shape index (κ1) is 24.3. The van der Waals surface area contributed by atoms with Crippen molar-refractivity contribution < 1.29 is 13.7 Å². The molecular weight excluding hydrogens is 471 g/mol. The highest BCUT2D eigenvalue weighted by atomic mass is 19.1. The first-order chi connectivity index (χ1) is 17.9. The summed E-state index contributed by atoms with van der Waals surface area (Å²) in [5.41, 5.74) is 4.31. The second-order valence-corrected chi connectivity index (χ2v) is 11.3. The van der Waals surface area contributed by atoms with E-state index in [9.17, 15) is 4.39 Å². The smallest absolute Gasteiger partial charge is 0.155 e. The maximum Gasteiger partial charge on any atom is 0.155 e. The molecule has 0 saturated carbocycles. The molecule has 5 heterocycles. The molecule has 0 atom stereocenters. The van der Waals surface area contributed by atoms with Gasteiger partial charge in [0.25, 0.3) is 0 Å². The van der Waals surface area contributed by atoms with Gasteiger partial charge in [-0.3, -0.25) is 0 Å². The minimum atomic E-state index is -0.305. The van der Waals surface area contributed by atoms with E-state index in [1.807, 2.05) is 6.92 Å². The highest BCUT2D eigenvalue weighted by Gasteiger charge is 2.52. The SMILES string of the molecule is Cc1onc(C(C)C)c1-c1cc(F)ccc1Nc1cncnc1N1CC2(CN(CC3CCOCC3)C2)C1. The Balaban J connectivity index is 1.18. The van der Waals surface area contributed by atoms with E-state index in [0.717, 1.165) is 79.3 Å². The zero-order valence-corrected chi connectivity index (χ0v) is 21.8. The van der Waals surface area contributed by atoms with Gasteiger partial charge in [-0.2, -0.15) is 0 Å². The summed E-state index contributed by atoms with van der Waals surface area (Å²) in [4.78, 5) is 13.8. The maximum absolute atomic E-state index is 14.4. The van der Waals surface area contributed by atoms with Gasteiger partial charge in [0.15, 0.2) is 5.82 Å². The summed E-state index contributed by atoms with van der Waals surface area (Å²) in [6.45, 7) is 13.3. The second-order valence-electron chi connectivity index (χ2n) is 11.3. The quantitative estimate of drug-likeness (QED) is 0.480. The van der Waals surface area contributed by atoms with Gasteiger partial charge in [-0.1, -0.05) is 19.0 Å². The van der Waals surface area contributed by atoms with Crippen LogP contribution in [0.5, 0.6) is 0 Å². The number of likely N-dealkylation sites (tertiary alicyclic amines) is 1. The highest BCUT2D eigenvalue weighted by molar-refractivity contribution is 5.85. The van der Waals surface area contributed by atoms with E-state index in [2.05, 4.69) is 44.1 Å². The van der Waals surface area contributed by atoms with Crippen LogP contribution in [0.25, 0.3) is 11.1 Å². The molecule has 1 N–H and O–H groups in total. The molecule has 3 fully saturated rings. The molecule has 9 heteroatoms. The minimum absolute atomic E-state index is 0.143. The summed E-state index contributed by atoms with van der Waals surface area (Å²) in [6, 6.07) is 4.76. The van der Waals surface area contributed by atoms with E-state index < -0.39 is 0 Å². The van der Waals surface area contributed by atoms with Crippen molar-refractivity contribution in [3.05, 3.63) is 48.0 Å². The predicted octanol–water partition coefficient (Wildman–Crippen LogP) is 4.99. The molecule has 0 radical (unpaired) electrons. The molecule has 0 aliphatic carbocycles. The lowest BCUT2D eigenvalue weighted by Crippen LogP contribution is -2.72. The molecular formula is C28H35FN6O2. The summed E-state index contributed by atoms with van der Waals surface area (Å²) in [7, 11) is 0. The number of aromatic nitrogens is 3. The van der Waals surface area contributed by atoms with Gasteiger partial charge in [0.1, 0.15) is 23.6 Å². The van der Waals surface area contributed by atoms with Crippen LogP contribution in [0.3, 0.4) is 0 Å². The number of rotatable bonds is 7. The van der Waals surface area contributed by atoms with Crippen molar-refractivity contribution in [1.29, 1.82) is 0 Å². The molecule has 3 aliphatic rings. The number of halogens is 1. The van der Waals surface area contributed by atoms with E-state index >= 15 is 0 Å². The molecule has 37 heavy (non-hydrogen) atoms. The van der Waals surface area contributed by atoms with Crippen LogP contribution in [0, 0.1) is 24.1 Å². The molecule has 0 bridgehead atoms. The number of anilines is 3. The second kappa shape index (κ2) is 9.68. The summed E-state index contributed by atoms with van der Waals surface area (Å²) in [6.07, 6.45) is 5.76. The third kappa shape index (κ3) is 4.70. The fourth-order valence-electron chi connectivity index (χ4n) is 6.19. The van der Waals surface area contributed by atoms with Crippen LogP contribution < -0.4 is 10.2 Å². The van der Waals surface area contributed by atoms with Crippen molar-refractivity contribution in [2.24, 2.45) is 11.3 Å². The molecule has 196 valence electrons. The van der Waals surface area contributed by atoms with Crippen molar-refractivity contribution in [3.8, 4) is 11.1 Å². The maximum atomic E-state index is 14.4. The number of aryl methyl sites for hydroxylation is 1. The molecule has 0 unspecified atom stereocenters. The lowest BCUT2D eigenvalue weighted by atomic mass is 9.72. The number of hydrogen-bond donors (Lipinski definition) is 1. The third-order valence-electron chi connectivity index (χ3n) is 7.97. The molecule has 2 aromatic heterocycles. The van der Waals surface area contributed by atoms with Crippen LogP contribution in [0.2, 0.25) is 0 Å². The normalized spacial score (nSPS) is 19.8. The van der Waals surface area contributed by atoms with Crippen molar-refractivity contribution >= 4 is 17.2 Å². The van der Waals surface area contributed by atoms with E-state index in [4.69, 9.17) is 9.26 Å². The Hall–Kier alpha value is -3.04. The summed E-state index contributed by atoms with van der Waals surface area (Å²) in [5.74, 6) is 2.16. The summed E-state index contributed by atoms with van der Waals surface area (Å²) >= 11 is 0. The summed E-state index contributed by atoms with van der Waals surface area (Å²) < 4.78 is 25.4. The minimum Gasteiger partial charge on any atom is -0.381 e. The number of nitrogens with zero attached hydrogens (tertiary/aromatic N) is 5. The number of benzene rings is 1. The van der Waals surface area contributed by atoms with Crippen LogP contribution in [-0.2, 0) is 4.74 Å². The molecule has 3 aliphatic heterocycles. The molecule has 3 aromatic rings. The van der Waals surface area contributed by atoms with Crippen molar-refractivity contribution in [2.45, 2.75) is 39.5 Å². The van der Waals surface area contributed by atoms with E-state index in [1.54, 1.807) is 18.6 Å². The molecule has 3 saturated heterocycles. The van der Waals surface area contributed by atoms with Gasteiger partial charge in [-0.05, 0) is 49.8 Å². The first-order valence-corrected chi connectivity index (χ1v) is 13.3. The van der Waals surface area contributed by atoms with E-state index in [0.29, 0.717) is 11.2 Å². The van der Waals surface area contributed by atoms with Crippen LogP contribution in [0.4, 0.5) is 21.6 Å². The molecule has 1 spiro atoms. The largest absolute Gasteiger partial charge is 0.381 e. The fourth-order valence-corrected chi connectivity index (χ4v) is 6.19. The third-order valence-corrected chi connectivity index (χ3v) is 7.97. The average Bonchev–Trinajstić information content (AvgIpc) is 3.23. The number of hydrogen-bond acceptors (Lipinski definition) is 8. The topological polar surface area (TPSA) is 79.5 Å². The van der Waals surface area contributed by atoms with Crippen LogP contribution >= 0.6 is 0 Å². The lowest BCUT2D eigenvalue weighted by molar-refractivity contribution is -0.0429. The molecule has 6 rings (SSSR count). The van der Waals surface area contributed by atoms with Crippen LogP contribution in [0.1, 0.15) is 44.1 Å². The Kier molecular flexibility index (Phi) is 6.36. The van der Waals surface area contributed by atoms with Gasteiger partial charge in [0.2, 0.25) is 0 Å². The van der Waals surface area contributed by atoms with Gasteiger partial charge in [-0.15, -0.1) is 0 Å². The molecule has 8 nitrogen and oxygen atoms in total. The van der Waals surface area contributed by atoms with Gasteiger partial charge >= 0.3 is 0 Å².